The molecule has 0 amide bonds. The van der Waals surface area contributed by atoms with Crippen molar-refractivity contribution in [1.29, 1.82) is 0 Å². The van der Waals surface area contributed by atoms with Gasteiger partial charge < -0.3 is 9.13 Å². The van der Waals surface area contributed by atoms with E-state index >= 15 is 0 Å². The molecule has 0 bridgehead atoms. The van der Waals surface area contributed by atoms with Crippen LogP contribution in [0.5, 0.6) is 0 Å². The Balaban J connectivity index is 1.36. The Bertz CT molecular complexity index is 2450. The first-order valence-electron chi connectivity index (χ1n) is 14.2. The fourth-order valence-corrected chi connectivity index (χ4v) is 6.54. The monoisotopic (exact) mass is 536 g/mol. The lowest BCUT2D eigenvalue weighted by molar-refractivity contribution is 1.01. The maximum atomic E-state index is 4.45. The van der Waals surface area contributed by atoms with Crippen LogP contribution in [0, 0.1) is 0 Å². The number of aromatic nitrogens is 4. The average molecular weight is 537 g/mol. The van der Waals surface area contributed by atoms with E-state index in [1.54, 1.807) is 0 Å². The minimum absolute atomic E-state index is 0.857. The summed E-state index contributed by atoms with van der Waals surface area (Å²) in [5, 5.41) is 16.3. The third-order valence-electron chi connectivity index (χ3n) is 8.40. The molecule has 3 aromatic heterocycles. The molecule has 0 aliphatic heterocycles. The normalized spacial score (nSPS) is 11.8. The van der Waals surface area contributed by atoms with Gasteiger partial charge in [-0.15, -0.1) is 0 Å². The second kappa shape index (κ2) is 8.88. The van der Waals surface area contributed by atoms with Gasteiger partial charge in [-0.3, -0.25) is 0 Å². The van der Waals surface area contributed by atoms with E-state index in [1.807, 2.05) is 24.4 Å². The van der Waals surface area contributed by atoms with Crippen molar-refractivity contribution in [3.8, 4) is 22.6 Å². The molecule has 4 heteroatoms. The standard InChI is InChI=1S/C38H24N4/c1-3-11-25(12-4-1)34-23-29(24-39-40-34)42-36-18-10-8-16-31(36)33-20-26-21-37-32(19-27(26)22-38(33)42)30-15-7-9-17-35(30)41(37)28-13-5-2-6-14-28/h1-24H. The Kier molecular flexibility index (Phi) is 4.87. The van der Waals surface area contributed by atoms with Crippen molar-refractivity contribution in [1.82, 2.24) is 19.3 Å². The number of hydrogen-bond acceptors (Lipinski definition) is 2. The summed E-state index contributed by atoms with van der Waals surface area (Å²) in [7, 11) is 0. The molecule has 0 atom stereocenters. The van der Waals surface area contributed by atoms with Gasteiger partial charge >= 0.3 is 0 Å². The number of rotatable bonds is 3. The lowest BCUT2D eigenvalue weighted by Crippen LogP contribution is -1.97. The molecule has 42 heavy (non-hydrogen) atoms. The fourth-order valence-electron chi connectivity index (χ4n) is 6.54. The molecule has 0 aliphatic carbocycles. The zero-order valence-corrected chi connectivity index (χ0v) is 22.6. The molecule has 3 heterocycles. The molecule has 0 saturated carbocycles. The molecule has 0 unspecified atom stereocenters. The summed E-state index contributed by atoms with van der Waals surface area (Å²) < 4.78 is 4.70. The molecule has 0 N–H and O–H groups in total. The number of nitrogens with zero attached hydrogens (tertiary/aromatic N) is 4. The SMILES string of the molecule is c1ccc(-c2cc(-n3c4ccccc4c4cc5cc6c(cc5cc43)c3ccccc3n6-c3ccccc3)cnn2)cc1. The quantitative estimate of drug-likeness (QED) is 0.225. The van der Waals surface area contributed by atoms with Gasteiger partial charge in [0.2, 0.25) is 0 Å². The summed E-state index contributed by atoms with van der Waals surface area (Å²) >= 11 is 0. The fraction of sp³-hybridized carbons (Fsp3) is 0. The summed E-state index contributed by atoms with van der Waals surface area (Å²) in [6.07, 6.45) is 1.86. The minimum Gasteiger partial charge on any atom is -0.309 e. The van der Waals surface area contributed by atoms with Crippen molar-refractivity contribution in [2.75, 3.05) is 0 Å². The van der Waals surface area contributed by atoms with Crippen LogP contribution in [0.3, 0.4) is 0 Å². The number of benzene rings is 6. The number of hydrogen-bond donors (Lipinski definition) is 0. The van der Waals surface area contributed by atoms with Crippen LogP contribution in [-0.4, -0.2) is 19.3 Å². The highest BCUT2D eigenvalue weighted by Gasteiger charge is 2.17. The molecular formula is C38H24N4. The molecule has 196 valence electrons. The third kappa shape index (κ3) is 3.36. The zero-order valence-electron chi connectivity index (χ0n) is 22.6. The predicted molar refractivity (Wildman–Crippen MR) is 174 cm³/mol. The van der Waals surface area contributed by atoms with E-state index in [0.717, 1.165) is 28.0 Å². The van der Waals surface area contributed by atoms with Crippen molar-refractivity contribution < 1.29 is 0 Å². The summed E-state index contributed by atoms with van der Waals surface area (Å²) in [5.41, 5.74) is 8.80. The van der Waals surface area contributed by atoms with E-state index in [1.165, 1.54) is 49.0 Å². The van der Waals surface area contributed by atoms with Gasteiger partial charge in [-0.1, -0.05) is 84.9 Å². The highest BCUT2D eigenvalue weighted by atomic mass is 15.1. The highest BCUT2D eigenvalue weighted by Crippen LogP contribution is 2.39. The van der Waals surface area contributed by atoms with Crippen molar-refractivity contribution >= 4 is 54.4 Å². The Morgan fingerprint density at radius 1 is 0.405 bits per heavy atom. The maximum absolute atomic E-state index is 4.45. The van der Waals surface area contributed by atoms with Gasteiger partial charge in [0.25, 0.3) is 0 Å². The van der Waals surface area contributed by atoms with Crippen LogP contribution in [0.25, 0.3) is 77.0 Å². The molecule has 0 fully saturated rings. The Hall–Kier alpha value is -5.74. The first-order chi connectivity index (χ1) is 20.8. The largest absolute Gasteiger partial charge is 0.309 e. The zero-order chi connectivity index (χ0) is 27.6. The van der Waals surface area contributed by atoms with Crippen LogP contribution < -0.4 is 0 Å². The van der Waals surface area contributed by atoms with Crippen molar-refractivity contribution in [3.63, 3.8) is 0 Å². The maximum Gasteiger partial charge on any atom is 0.0950 e. The third-order valence-corrected chi connectivity index (χ3v) is 8.40. The van der Waals surface area contributed by atoms with Crippen molar-refractivity contribution in [2.45, 2.75) is 0 Å². The molecular weight excluding hydrogens is 512 g/mol. The van der Waals surface area contributed by atoms with Gasteiger partial charge in [0.1, 0.15) is 0 Å². The van der Waals surface area contributed by atoms with E-state index in [0.29, 0.717) is 0 Å². The van der Waals surface area contributed by atoms with E-state index in [-0.39, 0.29) is 0 Å². The van der Waals surface area contributed by atoms with Crippen LogP contribution in [0.15, 0.2) is 146 Å². The van der Waals surface area contributed by atoms with Crippen LogP contribution in [-0.2, 0) is 0 Å². The first-order valence-corrected chi connectivity index (χ1v) is 14.2. The predicted octanol–water partition coefficient (Wildman–Crippen LogP) is 9.49. The Morgan fingerprint density at radius 2 is 0.929 bits per heavy atom. The molecule has 0 spiro atoms. The van der Waals surface area contributed by atoms with Crippen LogP contribution in [0.4, 0.5) is 0 Å². The van der Waals surface area contributed by atoms with Crippen LogP contribution in [0.2, 0.25) is 0 Å². The molecule has 4 nitrogen and oxygen atoms in total. The van der Waals surface area contributed by atoms with Gasteiger partial charge in [0, 0.05) is 32.8 Å². The minimum atomic E-state index is 0.857. The lowest BCUT2D eigenvalue weighted by Gasteiger charge is -2.10. The van der Waals surface area contributed by atoms with Gasteiger partial charge in [-0.05, 0) is 65.4 Å². The summed E-state index contributed by atoms with van der Waals surface area (Å²) in [6, 6.07) is 49.7. The van der Waals surface area contributed by atoms with E-state index in [9.17, 15) is 0 Å². The van der Waals surface area contributed by atoms with Gasteiger partial charge in [-0.2, -0.15) is 10.2 Å². The molecule has 0 saturated heterocycles. The van der Waals surface area contributed by atoms with Crippen LogP contribution >= 0.6 is 0 Å². The lowest BCUT2D eigenvalue weighted by atomic mass is 10.0. The molecule has 6 aromatic carbocycles. The van der Waals surface area contributed by atoms with Gasteiger partial charge in [-0.25, -0.2) is 0 Å². The second-order valence-electron chi connectivity index (χ2n) is 10.8. The smallest absolute Gasteiger partial charge is 0.0950 e. The van der Waals surface area contributed by atoms with Crippen molar-refractivity contribution in [3.05, 3.63) is 146 Å². The van der Waals surface area contributed by atoms with Gasteiger partial charge in [0.05, 0.1) is 39.6 Å². The van der Waals surface area contributed by atoms with E-state index in [4.69, 9.17) is 0 Å². The molecule has 9 rings (SSSR count). The topological polar surface area (TPSA) is 35.6 Å². The van der Waals surface area contributed by atoms with Crippen molar-refractivity contribution in [2.24, 2.45) is 0 Å². The Morgan fingerprint density at radius 3 is 1.55 bits per heavy atom. The first kappa shape index (κ1) is 23.0. The summed E-state index contributed by atoms with van der Waals surface area (Å²) in [4.78, 5) is 0. The molecule has 0 radical (unpaired) electrons. The highest BCUT2D eigenvalue weighted by molar-refractivity contribution is 6.18. The number of fused-ring (bicyclic) bond motifs is 7. The summed E-state index contributed by atoms with van der Waals surface area (Å²) in [6.45, 7) is 0. The molecule has 9 aromatic rings. The van der Waals surface area contributed by atoms with E-state index in [2.05, 4.69) is 141 Å². The molecule has 0 aliphatic rings. The van der Waals surface area contributed by atoms with Gasteiger partial charge in [0.15, 0.2) is 0 Å². The van der Waals surface area contributed by atoms with Crippen LogP contribution in [0.1, 0.15) is 0 Å². The Labute approximate surface area is 241 Å². The van der Waals surface area contributed by atoms with E-state index < -0.39 is 0 Å². The average Bonchev–Trinajstić information content (AvgIpc) is 3.55. The summed E-state index contributed by atoms with van der Waals surface area (Å²) in [5.74, 6) is 0. The second-order valence-corrected chi connectivity index (χ2v) is 10.8. The number of para-hydroxylation sites is 3.